The van der Waals surface area contributed by atoms with Crippen LogP contribution < -0.4 is 4.90 Å². The SMILES string of the molecule is CCN(CC(=O)O)C(=O)N1CCN(c2ccccn2)CC1. The second-order valence-corrected chi connectivity index (χ2v) is 4.85. The molecule has 0 bridgehead atoms. The molecule has 7 nitrogen and oxygen atoms in total. The Balaban J connectivity index is 1.91. The van der Waals surface area contributed by atoms with Crippen LogP contribution in [0.2, 0.25) is 0 Å². The quantitative estimate of drug-likeness (QED) is 0.885. The number of likely N-dealkylation sites (N-methyl/N-ethyl adjacent to an activating group) is 1. The summed E-state index contributed by atoms with van der Waals surface area (Å²) in [6.45, 7) is 4.48. The van der Waals surface area contributed by atoms with Crippen molar-refractivity contribution in [2.24, 2.45) is 0 Å². The average molecular weight is 292 g/mol. The van der Waals surface area contributed by atoms with Gasteiger partial charge in [0.1, 0.15) is 12.4 Å². The zero-order valence-electron chi connectivity index (χ0n) is 12.1. The van der Waals surface area contributed by atoms with E-state index in [4.69, 9.17) is 5.11 Å². The fourth-order valence-corrected chi connectivity index (χ4v) is 2.35. The Morgan fingerprint density at radius 1 is 1.29 bits per heavy atom. The van der Waals surface area contributed by atoms with Gasteiger partial charge in [-0.1, -0.05) is 6.07 Å². The number of hydrogen-bond acceptors (Lipinski definition) is 4. The van der Waals surface area contributed by atoms with Crippen molar-refractivity contribution in [3.8, 4) is 0 Å². The van der Waals surface area contributed by atoms with E-state index < -0.39 is 5.97 Å². The van der Waals surface area contributed by atoms with Crippen molar-refractivity contribution in [2.75, 3.05) is 44.2 Å². The molecule has 0 spiro atoms. The van der Waals surface area contributed by atoms with E-state index in [9.17, 15) is 9.59 Å². The monoisotopic (exact) mass is 292 g/mol. The smallest absolute Gasteiger partial charge is 0.323 e. The number of carbonyl (C=O) groups excluding carboxylic acids is 1. The molecule has 21 heavy (non-hydrogen) atoms. The van der Waals surface area contributed by atoms with Crippen LogP contribution in [-0.2, 0) is 4.79 Å². The molecule has 1 aromatic rings. The molecule has 7 heteroatoms. The number of rotatable bonds is 4. The number of aliphatic carboxylic acids is 1. The molecule has 1 aliphatic rings. The van der Waals surface area contributed by atoms with Crippen LogP contribution in [0.1, 0.15) is 6.92 Å². The minimum absolute atomic E-state index is 0.208. The summed E-state index contributed by atoms with van der Waals surface area (Å²) < 4.78 is 0. The van der Waals surface area contributed by atoms with Gasteiger partial charge < -0.3 is 19.8 Å². The Morgan fingerprint density at radius 3 is 2.52 bits per heavy atom. The standard InChI is InChI=1S/C14H20N4O3/c1-2-16(11-13(19)20)14(21)18-9-7-17(8-10-18)12-5-3-4-6-15-12/h3-6H,2,7-11H2,1H3,(H,19,20). The molecule has 0 radical (unpaired) electrons. The van der Waals surface area contributed by atoms with Gasteiger partial charge in [-0.25, -0.2) is 9.78 Å². The molecule has 2 amide bonds. The summed E-state index contributed by atoms with van der Waals surface area (Å²) in [6.07, 6.45) is 1.75. The van der Waals surface area contributed by atoms with Gasteiger partial charge in [0.05, 0.1) is 0 Å². The van der Waals surface area contributed by atoms with E-state index in [-0.39, 0.29) is 12.6 Å². The van der Waals surface area contributed by atoms with E-state index in [1.54, 1.807) is 18.0 Å². The maximum absolute atomic E-state index is 12.3. The molecule has 1 saturated heterocycles. The third-order valence-corrected chi connectivity index (χ3v) is 3.50. The van der Waals surface area contributed by atoms with Crippen LogP contribution in [0.3, 0.4) is 0 Å². The molecule has 1 fully saturated rings. The van der Waals surface area contributed by atoms with Crippen LogP contribution in [0.25, 0.3) is 0 Å². The van der Waals surface area contributed by atoms with Gasteiger partial charge in [-0.3, -0.25) is 4.79 Å². The van der Waals surface area contributed by atoms with Crippen molar-refractivity contribution in [3.05, 3.63) is 24.4 Å². The molecular formula is C14H20N4O3. The fraction of sp³-hybridized carbons (Fsp3) is 0.500. The number of carboxylic acid groups (broad SMARTS) is 1. The van der Waals surface area contributed by atoms with E-state index >= 15 is 0 Å². The first-order valence-corrected chi connectivity index (χ1v) is 7.03. The molecule has 1 aliphatic heterocycles. The molecule has 0 aliphatic carbocycles. The van der Waals surface area contributed by atoms with Crippen molar-refractivity contribution < 1.29 is 14.7 Å². The Kier molecular flexibility index (Phi) is 4.97. The topological polar surface area (TPSA) is 77.0 Å². The van der Waals surface area contributed by atoms with Gasteiger partial charge in [0.2, 0.25) is 0 Å². The molecule has 1 aromatic heterocycles. The lowest BCUT2D eigenvalue weighted by molar-refractivity contribution is -0.137. The minimum Gasteiger partial charge on any atom is -0.480 e. The molecular weight excluding hydrogens is 272 g/mol. The number of nitrogens with zero attached hydrogens (tertiary/aromatic N) is 4. The highest BCUT2D eigenvalue weighted by atomic mass is 16.4. The lowest BCUT2D eigenvalue weighted by Gasteiger charge is -2.37. The zero-order valence-corrected chi connectivity index (χ0v) is 12.1. The zero-order chi connectivity index (χ0) is 15.2. The third-order valence-electron chi connectivity index (χ3n) is 3.50. The largest absolute Gasteiger partial charge is 0.480 e. The predicted molar refractivity (Wildman–Crippen MR) is 78.3 cm³/mol. The second kappa shape index (κ2) is 6.92. The lowest BCUT2D eigenvalue weighted by atomic mass is 10.3. The van der Waals surface area contributed by atoms with Crippen molar-refractivity contribution in [1.82, 2.24) is 14.8 Å². The molecule has 0 unspecified atom stereocenters. The summed E-state index contributed by atoms with van der Waals surface area (Å²) >= 11 is 0. The third kappa shape index (κ3) is 3.84. The molecule has 0 atom stereocenters. The number of amides is 2. The first-order chi connectivity index (χ1) is 10.1. The summed E-state index contributed by atoms with van der Waals surface area (Å²) in [7, 11) is 0. The van der Waals surface area contributed by atoms with Gasteiger partial charge in [0, 0.05) is 38.9 Å². The predicted octanol–water partition coefficient (Wildman–Crippen LogP) is 0.730. The molecule has 114 valence electrons. The maximum Gasteiger partial charge on any atom is 0.323 e. The van der Waals surface area contributed by atoms with Gasteiger partial charge in [0.25, 0.3) is 0 Å². The first kappa shape index (κ1) is 15.1. The highest BCUT2D eigenvalue weighted by molar-refractivity contribution is 5.80. The highest BCUT2D eigenvalue weighted by Crippen LogP contribution is 2.13. The summed E-state index contributed by atoms with van der Waals surface area (Å²) in [5, 5.41) is 8.82. The fourth-order valence-electron chi connectivity index (χ4n) is 2.35. The van der Waals surface area contributed by atoms with E-state index in [1.807, 2.05) is 18.2 Å². The van der Waals surface area contributed by atoms with Crippen molar-refractivity contribution in [3.63, 3.8) is 0 Å². The van der Waals surface area contributed by atoms with Gasteiger partial charge >= 0.3 is 12.0 Å². The van der Waals surface area contributed by atoms with E-state index in [0.717, 1.165) is 5.82 Å². The highest BCUT2D eigenvalue weighted by Gasteiger charge is 2.25. The van der Waals surface area contributed by atoms with E-state index in [0.29, 0.717) is 32.7 Å². The number of aromatic nitrogens is 1. The second-order valence-electron chi connectivity index (χ2n) is 4.85. The average Bonchev–Trinajstić information content (AvgIpc) is 2.53. The van der Waals surface area contributed by atoms with E-state index in [1.165, 1.54) is 4.90 Å². The number of carbonyl (C=O) groups is 2. The molecule has 0 saturated carbocycles. The van der Waals surface area contributed by atoms with Crippen LogP contribution in [-0.4, -0.2) is 71.2 Å². The Bertz CT molecular complexity index is 486. The number of anilines is 1. The van der Waals surface area contributed by atoms with E-state index in [2.05, 4.69) is 9.88 Å². The normalized spacial score (nSPS) is 14.9. The Hall–Kier alpha value is -2.31. The van der Waals surface area contributed by atoms with Gasteiger partial charge in [0.15, 0.2) is 0 Å². The van der Waals surface area contributed by atoms with Crippen molar-refractivity contribution in [1.29, 1.82) is 0 Å². The van der Waals surface area contributed by atoms with Crippen LogP contribution in [0.15, 0.2) is 24.4 Å². The number of carboxylic acids is 1. The molecule has 2 heterocycles. The summed E-state index contributed by atoms with van der Waals surface area (Å²) in [4.78, 5) is 32.5. The molecule has 1 N–H and O–H groups in total. The molecule has 2 rings (SSSR count). The van der Waals surface area contributed by atoms with Crippen molar-refractivity contribution in [2.45, 2.75) is 6.92 Å². The summed E-state index contributed by atoms with van der Waals surface area (Å²) in [5.41, 5.74) is 0. The summed E-state index contributed by atoms with van der Waals surface area (Å²) in [6, 6.07) is 5.54. The van der Waals surface area contributed by atoms with Crippen LogP contribution in [0.5, 0.6) is 0 Å². The van der Waals surface area contributed by atoms with Crippen LogP contribution in [0.4, 0.5) is 10.6 Å². The summed E-state index contributed by atoms with van der Waals surface area (Å²) in [5.74, 6) is -0.0835. The van der Waals surface area contributed by atoms with Crippen molar-refractivity contribution >= 4 is 17.8 Å². The number of urea groups is 1. The Labute approximate surface area is 123 Å². The lowest BCUT2D eigenvalue weighted by Crippen LogP contribution is -2.53. The minimum atomic E-state index is -0.989. The molecule has 0 aromatic carbocycles. The Morgan fingerprint density at radius 2 is 2.00 bits per heavy atom. The number of hydrogen-bond donors (Lipinski definition) is 1. The van der Waals surface area contributed by atoms with Crippen LogP contribution in [0, 0.1) is 0 Å². The first-order valence-electron chi connectivity index (χ1n) is 7.03. The van der Waals surface area contributed by atoms with Gasteiger partial charge in [-0.15, -0.1) is 0 Å². The van der Waals surface area contributed by atoms with Gasteiger partial charge in [-0.05, 0) is 19.1 Å². The van der Waals surface area contributed by atoms with Gasteiger partial charge in [-0.2, -0.15) is 0 Å². The maximum atomic E-state index is 12.3. The number of pyridine rings is 1. The van der Waals surface area contributed by atoms with Crippen LogP contribution >= 0.6 is 0 Å². The number of piperazine rings is 1.